The van der Waals surface area contributed by atoms with Gasteiger partial charge in [0.25, 0.3) is 5.91 Å². The topological polar surface area (TPSA) is 75.4 Å². The first-order chi connectivity index (χ1) is 9.58. The summed E-state index contributed by atoms with van der Waals surface area (Å²) in [5.74, 6) is -0.478. The lowest BCUT2D eigenvalue weighted by Crippen LogP contribution is -2.25. The molecule has 3 N–H and O–H groups in total. The van der Waals surface area contributed by atoms with E-state index in [4.69, 9.17) is 18.0 Å². The molecule has 0 aliphatic carbocycles. The van der Waals surface area contributed by atoms with E-state index in [1.807, 2.05) is 0 Å². The fourth-order valence-corrected chi connectivity index (χ4v) is 3.74. The standard InChI is InChI=1S/C12H15N3O2S3/c13-10(17)8-3-6-19-11(8)14-9(16)7-20-12(18)15-4-1-2-5-15/h3,6H,1-2,4-5,7H2,(H2,13,17)(H,14,16). The van der Waals surface area contributed by atoms with Crippen molar-refractivity contribution < 1.29 is 9.59 Å². The number of thiocarbonyl (C=S) groups is 1. The van der Waals surface area contributed by atoms with Gasteiger partial charge in [0, 0.05) is 13.1 Å². The van der Waals surface area contributed by atoms with E-state index in [1.54, 1.807) is 11.4 Å². The first-order valence-corrected chi connectivity index (χ1v) is 8.44. The van der Waals surface area contributed by atoms with E-state index in [0.717, 1.165) is 30.3 Å². The van der Waals surface area contributed by atoms with Crippen molar-refractivity contribution in [3.8, 4) is 0 Å². The highest BCUT2D eigenvalue weighted by atomic mass is 32.2. The number of nitrogens with one attached hydrogen (secondary N) is 1. The maximum Gasteiger partial charge on any atom is 0.251 e. The van der Waals surface area contributed by atoms with Gasteiger partial charge in [-0.05, 0) is 24.3 Å². The van der Waals surface area contributed by atoms with Crippen LogP contribution in [0.2, 0.25) is 0 Å². The van der Waals surface area contributed by atoms with Gasteiger partial charge in [0.1, 0.15) is 9.32 Å². The average molecular weight is 329 g/mol. The molecule has 1 aliphatic heterocycles. The van der Waals surface area contributed by atoms with E-state index in [9.17, 15) is 9.59 Å². The smallest absolute Gasteiger partial charge is 0.251 e. The second-order valence-electron chi connectivity index (χ2n) is 4.32. The van der Waals surface area contributed by atoms with Crippen LogP contribution >= 0.6 is 35.3 Å². The molecule has 2 amide bonds. The molecule has 20 heavy (non-hydrogen) atoms. The Balaban J connectivity index is 1.81. The minimum atomic E-state index is -0.540. The summed E-state index contributed by atoms with van der Waals surface area (Å²) >= 11 is 7.92. The molecule has 8 heteroatoms. The zero-order chi connectivity index (χ0) is 14.5. The van der Waals surface area contributed by atoms with Crippen LogP contribution < -0.4 is 11.1 Å². The van der Waals surface area contributed by atoms with Gasteiger partial charge >= 0.3 is 0 Å². The predicted molar refractivity (Wildman–Crippen MR) is 87.3 cm³/mol. The number of carbonyl (C=O) groups is 2. The van der Waals surface area contributed by atoms with E-state index < -0.39 is 5.91 Å². The molecule has 0 atom stereocenters. The number of amides is 2. The van der Waals surface area contributed by atoms with Crippen LogP contribution in [0.25, 0.3) is 0 Å². The molecule has 0 unspecified atom stereocenters. The van der Waals surface area contributed by atoms with Crippen LogP contribution in [0.5, 0.6) is 0 Å². The normalized spacial score (nSPS) is 14.3. The summed E-state index contributed by atoms with van der Waals surface area (Å²) in [7, 11) is 0. The van der Waals surface area contributed by atoms with Crippen LogP contribution in [0.4, 0.5) is 5.00 Å². The van der Waals surface area contributed by atoms with E-state index >= 15 is 0 Å². The minimum absolute atomic E-state index is 0.179. The molecule has 1 aromatic rings. The Morgan fingerprint density at radius 3 is 2.80 bits per heavy atom. The maximum atomic E-state index is 11.8. The van der Waals surface area contributed by atoms with Crippen molar-refractivity contribution in [1.82, 2.24) is 4.90 Å². The van der Waals surface area contributed by atoms with Crippen molar-refractivity contribution in [1.29, 1.82) is 0 Å². The van der Waals surface area contributed by atoms with Crippen LogP contribution in [0.3, 0.4) is 0 Å². The lowest BCUT2D eigenvalue weighted by molar-refractivity contribution is -0.113. The number of hydrogen-bond acceptors (Lipinski definition) is 5. The number of anilines is 1. The van der Waals surface area contributed by atoms with Crippen molar-refractivity contribution in [3.63, 3.8) is 0 Å². The van der Waals surface area contributed by atoms with Gasteiger partial charge in [0.05, 0.1) is 11.3 Å². The van der Waals surface area contributed by atoms with Crippen molar-refractivity contribution in [2.75, 3.05) is 24.2 Å². The highest BCUT2D eigenvalue weighted by Crippen LogP contribution is 2.23. The molecule has 2 rings (SSSR count). The highest BCUT2D eigenvalue weighted by Gasteiger charge is 2.17. The summed E-state index contributed by atoms with van der Waals surface area (Å²) in [5.41, 5.74) is 5.57. The summed E-state index contributed by atoms with van der Waals surface area (Å²) in [5, 5.41) is 4.91. The zero-order valence-electron chi connectivity index (χ0n) is 10.8. The van der Waals surface area contributed by atoms with E-state index in [1.165, 1.54) is 23.1 Å². The maximum absolute atomic E-state index is 11.8. The minimum Gasteiger partial charge on any atom is -0.366 e. The molecule has 0 saturated carbocycles. The number of primary amides is 1. The van der Waals surface area contributed by atoms with Crippen LogP contribution in [0.1, 0.15) is 23.2 Å². The Morgan fingerprint density at radius 1 is 1.45 bits per heavy atom. The van der Waals surface area contributed by atoms with Crippen LogP contribution in [-0.2, 0) is 4.79 Å². The Kier molecular flexibility index (Phi) is 5.38. The second-order valence-corrected chi connectivity index (χ2v) is 6.85. The summed E-state index contributed by atoms with van der Waals surface area (Å²) in [6, 6.07) is 1.60. The van der Waals surface area contributed by atoms with Crippen molar-refractivity contribution in [3.05, 3.63) is 17.0 Å². The van der Waals surface area contributed by atoms with Gasteiger partial charge in [-0.3, -0.25) is 9.59 Å². The molecule has 1 aromatic heterocycles. The van der Waals surface area contributed by atoms with Crippen molar-refractivity contribution in [2.24, 2.45) is 5.73 Å². The summed E-state index contributed by atoms with van der Waals surface area (Å²) in [6.07, 6.45) is 2.31. The van der Waals surface area contributed by atoms with Crippen molar-refractivity contribution >= 4 is 56.5 Å². The van der Waals surface area contributed by atoms with E-state index in [-0.39, 0.29) is 11.7 Å². The fraction of sp³-hybridized carbons (Fsp3) is 0.417. The Bertz CT molecular complexity index is 524. The molecule has 0 radical (unpaired) electrons. The largest absolute Gasteiger partial charge is 0.366 e. The molecule has 0 spiro atoms. The molecule has 108 valence electrons. The molecule has 0 bridgehead atoms. The SMILES string of the molecule is NC(=O)c1ccsc1NC(=O)CSC(=S)N1CCCC1. The number of thioether (sulfide) groups is 1. The monoisotopic (exact) mass is 329 g/mol. The van der Waals surface area contributed by atoms with Gasteiger partial charge in [-0.15, -0.1) is 11.3 Å². The molecule has 1 fully saturated rings. The molecule has 2 heterocycles. The van der Waals surface area contributed by atoms with Gasteiger partial charge in [-0.2, -0.15) is 0 Å². The number of carbonyl (C=O) groups excluding carboxylic acids is 2. The summed E-state index contributed by atoms with van der Waals surface area (Å²) in [6.45, 7) is 1.95. The third-order valence-electron chi connectivity index (χ3n) is 2.87. The van der Waals surface area contributed by atoms with Gasteiger partial charge in [-0.25, -0.2) is 0 Å². The lowest BCUT2D eigenvalue weighted by atomic mass is 10.3. The highest BCUT2D eigenvalue weighted by molar-refractivity contribution is 8.23. The molecule has 1 saturated heterocycles. The zero-order valence-corrected chi connectivity index (χ0v) is 13.2. The number of nitrogens with two attached hydrogens (primary N) is 1. The second kappa shape index (κ2) is 7.05. The third-order valence-corrected chi connectivity index (χ3v) is 5.23. The van der Waals surface area contributed by atoms with Gasteiger partial charge < -0.3 is 16.0 Å². The average Bonchev–Trinajstić information content (AvgIpc) is 3.06. The van der Waals surface area contributed by atoms with Gasteiger partial charge in [0.15, 0.2) is 0 Å². The molecule has 1 aliphatic rings. The lowest BCUT2D eigenvalue weighted by Gasteiger charge is -2.17. The fourth-order valence-electron chi connectivity index (χ4n) is 1.88. The molecular formula is C12H15N3O2S3. The van der Waals surface area contributed by atoms with Crippen molar-refractivity contribution in [2.45, 2.75) is 12.8 Å². The van der Waals surface area contributed by atoms with E-state index in [0.29, 0.717) is 10.6 Å². The third kappa shape index (κ3) is 3.94. The Labute approximate surface area is 130 Å². The first-order valence-electron chi connectivity index (χ1n) is 6.17. The van der Waals surface area contributed by atoms with Gasteiger partial charge in [0.2, 0.25) is 5.91 Å². The number of nitrogens with zero attached hydrogens (tertiary/aromatic N) is 1. The molecular weight excluding hydrogens is 314 g/mol. The van der Waals surface area contributed by atoms with Gasteiger partial charge in [-0.1, -0.05) is 24.0 Å². The Morgan fingerprint density at radius 2 is 2.15 bits per heavy atom. The number of likely N-dealkylation sites (tertiary alicyclic amines) is 1. The van der Waals surface area contributed by atoms with Crippen LogP contribution in [-0.4, -0.2) is 39.9 Å². The number of rotatable bonds is 4. The molecule has 5 nitrogen and oxygen atoms in total. The van der Waals surface area contributed by atoms with E-state index in [2.05, 4.69) is 10.2 Å². The predicted octanol–water partition coefficient (Wildman–Crippen LogP) is 1.90. The number of hydrogen-bond donors (Lipinski definition) is 2. The summed E-state index contributed by atoms with van der Waals surface area (Å²) in [4.78, 5) is 25.1. The van der Waals surface area contributed by atoms with Crippen LogP contribution in [0.15, 0.2) is 11.4 Å². The Hall–Kier alpha value is -1.12. The van der Waals surface area contributed by atoms with Crippen LogP contribution in [0, 0.1) is 0 Å². The number of thiophene rings is 1. The first kappa shape index (κ1) is 15.3. The molecule has 0 aromatic carbocycles. The quantitative estimate of drug-likeness (QED) is 0.825. The summed E-state index contributed by atoms with van der Waals surface area (Å²) < 4.78 is 0.763.